The van der Waals surface area contributed by atoms with Crippen molar-refractivity contribution in [3.05, 3.63) is 64.3 Å². The molecule has 2 amide bonds. The molecule has 0 aliphatic carbocycles. The summed E-state index contributed by atoms with van der Waals surface area (Å²) in [4.78, 5) is 25.1. The third-order valence-corrected chi connectivity index (χ3v) is 4.82. The zero-order valence-corrected chi connectivity index (χ0v) is 15.7. The van der Waals surface area contributed by atoms with Crippen molar-refractivity contribution in [2.45, 2.75) is 13.5 Å². The van der Waals surface area contributed by atoms with Crippen molar-refractivity contribution >= 4 is 29.0 Å². The van der Waals surface area contributed by atoms with E-state index in [0.29, 0.717) is 23.0 Å². The fourth-order valence-corrected chi connectivity index (χ4v) is 3.27. The average molecular weight is 387 g/mol. The largest absolute Gasteiger partial charge is 0.490 e. The standard InChI is InChI=1S/C20H18FNO4S/c1-3-25-17-10-14(11-18-19(23)22(2)20(24)27-18)6-9-16(17)26-12-13-4-7-15(21)8-5-13/h4-11H,3,12H2,1-2H3/b18-11-. The van der Waals surface area contributed by atoms with Gasteiger partial charge in [-0.1, -0.05) is 18.2 Å². The molecule has 0 N–H and O–H groups in total. The second-order valence-corrected chi connectivity index (χ2v) is 6.79. The van der Waals surface area contributed by atoms with Gasteiger partial charge < -0.3 is 9.47 Å². The van der Waals surface area contributed by atoms with Gasteiger partial charge in [-0.15, -0.1) is 0 Å². The van der Waals surface area contributed by atoms with Gasteiger partial charge in [-0.2, -0.15) is 0 Å². The quantitative estimate of drug-likeness (QED) is 0.685. The number of carbonyl (C=O) groups is 2. The Bertz CT molecular complexity index is 895. The molecule has 5 nitrogen and oxygen atoms in total. The van der Waals surface area contributed by atoms with Crippen LogP contribution in [0.4, 0.5) is 9.18 Å². The minimum absolute atomic E-state index is 0.272. The van der Waals surface area contributed by atoms with E-state index in [2.05, 4.69) is 0 Å². The molecule has 0 bridgehead atoms. The number of rotatable bonds is 6. The van der Waals surface area contributed by atoms with Crippen molar-refractivity contribution in [3.63, 3.8) is 0 Å². The fraction of sp³-hybridized carbons (Fsp3) is 0.200. The Morgan fingerprint density at radius 3 is 2.44 bits per heavy atom. The first-order chi connectivity index (χ1) is 13.0. The van der Waals surface area contributed by atoms with Gasteiger partial charge >= 0.3 is 0 Å². The van der Waals surface area contributed by atoms with Gasteiger partial charge in [0.2, 0.25) is 0 Å². The number of nitrogens with zero attached hydrogens (tertiary/aromatic N) is 1. The second-order valence-electron chi connectivity index (χ2n) is 5.80. The molecular weight excluding hydrogens is 369 g/mol. The van der Waals surface area contributed by atoms with Crippen LogP contribution in [-0.4, -0.2) is 29.7 Å². The molecule has 0 atom stereocenters. The number of imide groups is 1. The molecule has 1 aliphatic rings. The first-order valence-corrected chi connectivity index (χ1v) is 9.15. The van der Waals surface area contributed by atoms with E-state index in [1.165, 1.54) is 19.2 Å². The normalized spacial score (nSPS) is 15.5. The minimum atomic E-state index is -0.320. The summed E-state index contributed by atoms with van der Waals surface area (Å²) in [6, 6.07) is 11.4. The predicted octanol–water partition coefficient (Wildman–Crippen LogP) is 4.47. The highest BCUT2D eigenvalue weighted by molar-refractivity contribution is 8.18. The van der Waals surface area contributed by atoms with Crippen molar-refractivity contribution in [2.75, 3.05) is 13.7 Å². The Labute approximate surface area is 160 Å². The maximum absolute atomic E-state index is 13.0. The van der Waals surface area contributed by atoms with E-state index in [-0.39, 0.29) is 23.6 Å². The monoisotopic (exact) mass is 387 g/mol. The lowest BCUT2D eigenvalue weighted by Gasteiger charge is -2.13. The van der Waals surface area contributed by atoms with Crippen LogP contribution in [0.3, 0.4) is 0 Å². The maximum atomic E-state index is 13.0. The molecule has 0 aromatic heterocycles. The van der Waals surface area contributed by atoms with Gasteiger partial charge in [0.05, 0.1) is 11.5 Å². The van der Waals surface area contributed by atoms with Crippen LogP contribution < -0.4 is 9.47 Å². The predicted molar refractivity (Wildman–Crippen MR) is 102 cm³/mol. The van der Waals surface area contributed by atoms with Gasteiger partial charge in [0.15, 0.2) is 11.5 Å². The lowest BCUT2D eigenvalue weighted by molar-refractivity contribution is -0.121. The van der Waals surface area contributed by atoms with Crippen molar-refractivity contribution in [1.82, 2.24) is 4.90 Å². The van der Waals surface area contributed by atoms with Crippen molar-refractivity contribution in [3.8, 4) is 11.5 Å². The zero-order valence-electron chi connectivity index (χ0n) is 14.9. The van der Waals surface area contributed by atoms with Crippen LogP contribution in [0.1, 0.15) is 18.1 Å². The Balaban J connectivity index is 1.79. The summed E-state index contributed by atoms with van der Waals surface area (Å²) in [5.74, 6) is 0.459. The minimum Gasteiger partial charge on any atom is -0.490 e. The van der Waals surface area contributed by atoms with Crippen molar-refractivity contribution in [1.29, 1.82) is 0 Å². The van der Waals surface area contributed by atoms with E-state index in [0.717, 1.165) is 27.8 Å². The summed E-state index contributed by atoms with van der Waals surface area (Å²) >= 11 is 0.905. The first kappa shape index (κ1) is 19.0. The molecule has 0 spiro atoms. The molecule has 27 heavy (non-hydrogen) atoms. The van der Waals surface area contributed by atoms with Crippen LogP contribution in [0.2, 0.25) is 0 Å². The molecule has 3 rings (SSSR count). The summed E-state index contributed by atoms with van der Waals surface area (Å²) in [5, 5.41) is -0.296. The molecule has 1 aliphatic heterocycles. The van der Waals surface area contributed by atoms with Crippen LogP contribution in [0.5, 0.6) is 11.5 Å². The van der Waals surface area contributed by atoms with Gasteiger partial charge in [-0.25, -0.2) is 4.39 Å². The zero-order chi connectivity index (χ0) is 19.4. The highest BCUT2D eigenvalue weighted by atomic mass is 32.2. The van der Waals surface area contributed by atoms with Crippen LogP contribution in [0.15, 0.2) is 47.4 Å². The molecular formula is C20H18FNO4S. The van der Waals surface area contributed by atoms with E-state index in [9.17, 15) is 14.0 Å². The molecule has 0 unspecified atom stereocenters. The van der Waals surface area contributed by atoms with Gasteiger partial charge in [-0.05, 0) is 60.2 Å². The molecule has 1 heterocycles. The molecule has 0 radical (unpaired) electrons. The number of carbonyl (C=O) groups excluding carboxylic acids is 2. The summed E-state index contributed by atoms with van der Waals surface area (Å²) in [6.07, 6.45) is 1.65. The van der Waals surface area contributed by atoms with E-state index >= 15 is 0 Å². The Kier molecular flexibility index (Phi) is 5.81. The topological polar surface area (TPSA) is 55.8 Å². The third-order valence-electron chi connectivity index (χ3n) is 3.86. The number of benzene rings is 2. The first-order valence-electron chi connectivity index (χ1n) is 8.33. The Hall–Kier alpha value is -2.80. The highest BCUT2D eigenvalue weighted by Gasteiger charge is 2.31. The third kappa shape index (κ3) is 4.49. The number of likely N-dealkylation sites (N-methyl/N-ethyl adjacent to an activating group) is 1. The van der Waals surface area contributed by atoms with E-state index in [4.69, 9.17) is 9.47 Å². The van der Waals surface area contributed by atoms with E-state index in [1.807, 2.05) is 6.92 Å². The summed E-state index contributed by atoms with van der Waals surface area (Å²) in [6.45, 7) is 2.58. The molecule has 1 fully saturated rings. The number of hydrogen-bond acceptors (Lipinski definition) is 5. The van der Waals surface area contributed by atoms with Crippen LogP contribution in [0, 0.1) is 5.82 Å². The highest BCUT2D eigenvalue weighted by Crippen LogP contribution is 2.34. The smallest absolute Gasteiger partial charge is 0.293 e. The van der Waals surface area contributed by atoms with E-state index in [1.54, 1.807) is 36.4 Å². The number of ether oxygens (including phenoxy) is 2. The van der Waals surface area contributed by atoms with Gasteiger partial charge in [-0.3, -0.25) is 14.5 Å². The summed E-state index contributed by atoms with van der Waals surface area (Å²) in [5.41, 5.74) is 1.56. The average Bonchev–Trinajstić information content (AvgIpc) is 2.89. The number of amides is 2. The molecule has 0 saturated carbocycles. The molecule has 2 aromatic rings. The number of hydrogen-bond donors (Lipinski definition) is 0. The SMILES string of the molecule is CCOc1cc(/C=C2\SC(=O)N(C)C2=O)ccc1OCc1ccc(F)cc1. The van der Waals surface area contributed by atoms with Gasteiger partial charge in [0.1, 0.15) is 12.4 Å². The molecule has 1 saturated heterocycles. The number of thioether (sulfide) groups is 1. The van der Waals surface area contributed by atoms with Crippen LogP contribution in [-0.2, 0) is 11.4 Å². The van der Waals surface area contributed by atoms with Crippen LogP contribution >= 0.6 is 11.8 Å². The van der Waals surface area contributed by atoms with Gasteiger partial charge in [0.25, 0.3) is 11.1 Å². The molecule has 2 aromatic carbocycles. The lowest BCUT2D eigenvalue weighted by Crippen LogP contribution is -2.22. The lowest BCUT2D eigenvalue weighted by atomic mass is 10.1. The Morgan fingerprint density at radius 2 is 1.81 bits per heavy atom. The molecule has 140 valence electrons. The van der Waals surface area contributed by atoms with Crippen molar-refractivity contribution in [2.24, 2.45) is 0 Å². The van der Waals surface area contributed by atoms with E-state index < -0.39 is 0 Å². The number of halogens is 1. The van der Waals surface area contributed by atoms with Gasteiger partial charge in [0, 0.05) is 7.05 Å². The van der Waals surface area contributed by atoms with Crippen molar-refractivity contribution < 1.29 is 23.5 Å². The summed E-state index contributed by atoms with van der Waals surface area (Å²) in [7, 11) is 1.45. The van der Waals surface area contributed by atoms with Crippen LogP contribution in [0.25, 0.3) is 6.08 Å². The fourth-order valence-electron chi connectivity index (χ4n) is 2.44. The maximum Gasteiger partial charge on any atom is 0.293 e. The summed E-state index contributed by atoms with van der Waals surface area (Å²) < 4.78 is 24.4. The molecule has 7 heteroatoms. The Morgan fingerprint density at radius 1 is 1.07 bits per heavy atom. The second kappa shape index (κ2) is 8.26.